The van der Waals surface area contributed by atoms with Crippen LogP contribution in [-0.4, -0.2) is 18.0 Å². The fourth-order valence-electron chi connectivity index (χ4n) is 3.26. The van der Waals surface area contributed by atoms with Gasteiger partial charge in [0.1, 0.15) is 0 Å². The number of nitrogens with one attached hydrogen (secondary N) is 2. The van der Waals surface area contributed by atoms with Crippen LogP contribution in [-0.2, 0) is 6.18 Å². The molecule has 3 rings (SSSR count). The first-order chi connectivity index (χ1) is 12.4. The van der Waals surface area contributed by atoms with Crippen LogP contribution in [0.5, 0.6) is 0 Å². The first kappa shape index (κ1) is 18.3. The lowest BCUT2D eigenvalue weighted by Gasteiger charge is -2.30. The number of amides is 1. The van der Waals surface area contributed by atoms with Gasteiger partial charge in [0.2, 0.25) is 0 Å². The van der Waals surface area contributed by atoms with Crippen molar-refractivity contribution in [3.63, 3.8) is 0 Å². The largest absolute Gasteiger partial charge is 0.416 e. The molecule has 0 atom stereocenters. The van der Waals surface area contributed by atoms with Gasteiger partial charge >= 0.3 is 6.18 Å². The predicted molar refractivity (Wildman–Crippen MR) is 95.0 cm³/mol. The van der Waals surface area contributed by atoms with Crippen LogP contribution in [0.3, 0.4) is 0 Å². The summed E-state index contributed by atoms with van der Waals surface area (Å²) >= 11 is 0. The Bertz CT molecular complexity index is 738. The van der Waals surface area contributed by atoms with E-state index in [2.05, 4.69) is 10.6 Å². The molecule has 0 saturated heterocycles. The number of benzene rings is 2. The zero-order chi connectivity index (χ0) is 18.6. The molecule has 2 aromatic carbocycles. The SMILES string of the molecule is O=C(NC1CCC(Nc2cccc(C(F)(F)F)c2)CC1)c1ccccc1. The number of hydrogen-bond donors (Lipinski definition) is 2. The lowest BCUT2D eigenvalue weighted by Crippen LogP contribution is -2.40. The van der Waals surface area contributed by atoms with E-state index in [4.69, 9.17) is 0 Å². The molecule has 1 aliphatic rings. The van der Waals surface area contributed by atoms with E-state index in [1.807, 2.05) is 18.2 Å². The Hall–Kier alpha value is -2.50. The lowest BCUT2D eigenvalue weighted by atomic mass is 9.90. The van der Waals surface area contributed by atoms with E-state index in [-0.39, 0.29) is 18.0 Å². The Labute approximate surface area is 150 Å². The Morgan fingerprint density at radius 3 is 2.19 bits per heavy atom. The van der Waals surface area contributed by atoms with Crippen LogP contribution in [0.25, 0.3) is 0 Å². The highest BCUT2D eigenvalue weighted by Gasteiger charge is 2.30. The molecule has 2 aromatic rings. The first-order valence-corrected chi connectivity index (χ1v) is 8.71. The van der Waals surface area contributed by atoms with Crippen LogP contribution in [0.2, 0.25) is 0 Å². The van der Waals surface area contributed by atoms with E-state index in [0.717, 1.165) is 37.8 Å². The lowest BCUT2D eigenvalue weighted by molar-refractivity contribution is -0.137. The summed E-state index contributed by atoms with van der Waals surface area (Å²) in [6.07, 6.45) is -1.13. The molecule has 1 aliphatic carbocycles. The van der Waals surface area contributed by atoms with Crippen molar-refractivity contribution in [3.05, 3.63) is 65.7 Å². The van der Waals surface area contributed by atoms with E-state index in [1.54, 1.807) is 18.2 Å². The van der Waals surface area contributed by atoms with Crippen LogP contribution in [0, 0.1) is 0 Å². The third-order valence-electron chi connectivity index (χ3n) is 4.66. The Morgan fingerprint density at radius 1 is 0.885 bits per heavy atom. The number of rotatable bonds is 4. The van der Waals surface area contributed by atoms with Crippen molar-refractivity contribution in [1.82, 2.24) is 5.32 Å². The smallest absolute Gasteiger partial charge is 0.382 e. The van der Waals surface area contributed by atoms with E-state index in [0.29, 0.717) is 11.3 Å². The van der Waals surface area contributed by atoms with Crippen LogP contribution in [0.15, 0.2) is 54.6 Å². The molecule has 1 fully saturated rings. The fraction of sp³-hybridized carbons (Fsp3) is 0.350. The molecule has 3 nitrogen and oxygen atoms in total. The van der Waals surface area contributed by atoms with Gasteiger partial charge in [-0.2, -0.15) is 13.2 Å². The second-order valence-corrected chi connectivity index (χ2v) is 6.61. The molecule has 0 unspecified atom stereocenters. The molecule has 1 amide bonds. The van der Waals surface area contributed by atoms with Crippen molar-refractivity contribution in [2.75, 3.05) is 5.32 Å². The number of carbonyl (C=O) groups is 1. The normalized spacial score (nSPS) is 20.4. The standard InChI is InChI=1S/C20H21F3N2O/c21-20(22,23)15-7-4-8-18(13-15)24-16-9-11-17(12-10-16)25-19(26)14-5-2-1-3-6-14/h1-8,13,16-17,24H,9-12H2,(H,25,26). The van der Waals surface area contributed by atoms with Gasteiger partial charge in [-0.1, -0.05) is 24.3 Å². The van der Waals surface area contributed by atoms with E-state index in [1.165, 1.54) is 6.07 Å². The zero-order valence-electron chi connectivity index (χ0n) is 14.2. The van der Waals surface area contributed by atoms with Crippen LogP contribution in [0.1, 0.15) is 41.6 Å². The van der Waals surface area contributed by atoms with Gasteiger partial charge in [-0.05, 0) is 56.0 Å². The van der Waals surface area contributed by atoms with Crippen LogP contribution in [0.4, 0.5) is 18.9 Å². The Kier molecular flexibility index (Phi) is 5.49. The summed E-state index contributed by atoms with van der Waals surface area (Å²) in [5.41, 5.74) is 0.472. The van der Waals surface area contributed by atoms with Gasteiger partial charge in [0.15, 0.2) is 0 Å². The maximum Gasteiger partial charge on any atom is 0.416 e. The summed E-state index contributed by atoms with van der Waals surface area (Å²) in [5, 5.41) is 6.22. The molecule has 1 saturated carbocycles. The summed E-state index contributed by atoms with van der Waals surface area (Å²) in [5.74, 6) is -0.0834. The summed E-state index contributed by atoms with van der Waals surface area (Å²) < 4.78 is 38.4. The third-order valence-corrected chi connectivity index (χ3v) is 4.66. The molecule has 0 aliphatic heterocycles. The highest BCUT2D eigenvalue weighted by molar-refractivity contribution is 5.94. The van der Waals surface area contributed by atoms with Crippen molar-refractivity contribution in [2.24, 2.45) is 0 Å². The molecule has 2 N–H and O–H groups in total. The molecular weight excluding hydrogens is 341 g/mol. The van der Waals surface area contributed by atoms with Gasteiger partial charge in [0.25, 0.3) is 5.91 Å². The summed E-state index contributed by atoms with van der Waals surface area (Å²) in [6.45, 7) is 0. The van der Waals surface area contributed by atoms with Crippen molar-refractivity contribution < 1.29 is 18.0 Å². The minimum Gasteiger partial charge on any atom is -0.382 e. The van der Waals surface area contributed by atoms with Gasteiger partial charge in [-0.25, -0.2) is 0 Å². The maximum atomic E-state index is 12.8. The molecule has 0 spiro atoms. The van der Waals surface area contributed by atoms with Crippen LogP contribution < -0.4 is 10.6 Å². The number of hydrogen-bond acceptors (Lipinski definition) is 2. The van der Waals surface area contributed by atoms with Gasteiger partial charge in [-0.3, -0.25) is 4.79 Å². The summed E-state index contributed by atoms with van der Waals surface area (Å²) in [6, 6.07) is 14.6. The molecule has 0 radical (unpaired) electrons. The minimum absolute atomic E-state index is 0.0834. The van der Waals surface area contributed by atoms with Crippen molar-refractivity contribution in [2.45, 2.75) is 43.9 Å². The van der Waals surface area contributed by atoms with Gasteiger partial charge in [0, 0.05) is 23.3 Å². The number of alkyl halides is 3. The van der Waals surface area contributed by atoms with Crippen molar-refractivity contribution >= 4 is 11.6 Å². The first-order valence-electron chi connectivity index (χ1n) is 8.71. The fourth-order valence-corrected chi connectivity index (χ4v) is 3.26. The highest BCUT2D eigenvalue weighted by Crippen LogP contribution is 2.31. The van der Waals surface area contributed by atoms with Gasteiger partial charge in [0.05, 0.1) is 5.56 Å². The predicted octanol–water partition coefficient (Wildman–Crippen LogP) is 4.86. The highest BCUT2D eigenvalue weighted by atomic mass is 19.4. The Balaban J connectivity index is 1.51. The number of carbonyl (C=O) groups excluding carboxylic acids is 1. The molecule has 26 heavy (non-hydrogen) atoms. The minimum atomic E-state index is -4.34. The topological polar surface area (TPSA) is 41.1 Å². The molecule has 0 aromatic heterocycles. The summed E-state index contributed by atoms with van der Waals surface area (Å²) in [4.78, 5) is 12.2. The zero-order valence-corrected chi connectivity index (χ0v) is 14.2. The number of anilines is 1. The van der Waals surface area contributed by atoms with Gasteiger partial charge < -0.3 is 10.6 Å². The molecule has 6 heteroatoms. The second-order valence-electron chi connectivity index (χ2n) is 6.61. The monoisotopic (exact) mass is 362 g/mol. The molecule has 0 heterocycles. The molecule has 0 bridgehead atoms. The summed E-state index contributed by atoms with van der Waals surface area (Å²) in [7, 11) is 0. The second kappa shape index (κ2) is 7.81. The quantitative estimate of drug-likeness (QED) is 0.816. The molecular formula is C20H21F3N2O. The average molecular weight is 362 g/mol. The number of halogens is 3. The average Bonchev–Trinajstić information content (AvgIpc) is 2.63. The Morgan fingerprint density at radius 2 is 1.54 bits per heavy atom. The third kappa shape index (κ3) is 4.77. The van der Waals surface area contributed by atoms with E-state index < -0.39 is 11.7 Å². The van der Waals surface area contributed by atoms with Crippen molar-refractivity contribution in [3.8, 4) is 0 Å². The van der Waals surface area contributed by atoms with E-state index in [9.17, 15) is 18.0 Å². The van der Waals surface area contributed by atoms with Crippen LogP contribution >= 0.6 is 0 Å². The maximum absolute atomic E-state index is 12.8. The molecule has 138 valence electrons. The van der Waals surface area contributed by atoms with Gasteiger partial charge in [-0.15, -0.1) is 0 Å². The van der Waals surface area contributed by atoms with Crippen molar-refractivity contribution in [1.29, 1.82) is 0 Å². The van der Waals surface area contributed by atoms with E-state index >= 15 is 0 Å².